The second-order valence-corrected chi connectivity index (χ2v) is 1.43. The first-order chi connectivity index (χ1) is 4.88. The van der Waals surface area contributed by atoms with Crippen molar-refractivity contribution in [3.63, 3.8) is 0 Å². The molecule has 1 aromatic rings. The van der Waals surface area contributed by atoms with Crippen molar-refractivity contribution in [2.24, 2.45) is 5.11 Å². The van der Waals surface area contributed by atoms with Gasteiger partial charge < -0.3 is 0 Å². The van der Waals surface area contributed by atoms with Gasteiger partial charge in [0.05, 0.1) is 11.8 Å². The molecule has 0 aromatic carbocycles. The lowest BCUT2D eigenvalue weighted by Gasteiger charge is -1.77. The van der Waals surface area contributed by atoms with Crippen molar-refractivity contribution in [1.29, 1.82) is 5.26 Å². The molecule has 1 heterocycles. The molecule has 1 rings (SSSR count). The van der Waals surface area contributed by atoms with Gasteiger partial charge in [0, 0.05) is 4.91 Å². The molecule has 1 N–H and O–H groups in total. The highest BCUT2D eigenvalue weighted by Crippen LogP contribution is 2.12. The van der Waals surface area contributed by atoms with E-state index in [0.717, 1.165) is 0 Å². The molecule has 6 heteroatoms. The standard InChI is InChI=1S/C4H2N6/c5-1-3-2-7-8-4(3)9-10-6/h2H,(H,7,8). The van der Waals surface area contributed by atoms with E-state index in [1.54, 1.807) is 6.07 Å². The SMILES string of the molecule is N#Cc1cn[nH]c1N=[N+]=[N-]. The number of aromatic nitrogens is 2. The van der Waals surface area contributed by atoms with Crippen LogP contribution in [0.5, 0.6) is 0 Å². The summed E-state index contributed by atoms with van der Waals surface area (Å²) in [5, 5.41) is 17.4. The monoisotopic (exact) mass is 134 g/mol. The van der Waals surface area contributed by atoms with Crippen LogP contribution in [-0.2, 0) is 0 Å². The molecule has 0 aliphatic rings. The Hall–Kier alpha value is -1.99. The summed E-state index contributed by atoms with van der Waals surface area (Å²) in [6.45, 7) is 0. The van der Waals surface area contributed by atoms with Crippen LogP contribution < -0.4 is 0 Å². The van der Waals surface area contributed by atoms with Gasteiger partial charge >= 0.3 is 0 Å². The minimum Gasteiger partial charge on any atom is -0.275 e. The molecule has 0 fully saturated rings. The van der Waals surface area contributed by atoms with Crippen LogP contribution in [0.4, 0.5) is 5.82 Å². The van der Waals surface area contributed by atoms with E-state index in [2.05, 4.69) is 20.2 Å². The Bertz CT molecular complexity index is 311. The van der Waals surface area contributed by atoms with Crippen molar-refractivity contribution in [1.82, 2.24) is 10.2 Å². The minimum absolute atomic E-state index is 0.157. The molecule has 0 unspecified atom stereocenters. The first-order valence-corrected chi connectivity index (χ1v) is 2.37. The summed E-state index contributed by atoms with van der Waals surface area (Å²) < 4.78 is 0. The molecule has 0 amide bonds. The van der Waals surface area contributed by atoms with Crippen molar-refractivity contribution >= 4 is 5.82 Å². The first kappa shape index (κ1) is 6.13. The summed E-state index contributed by atoms with van der Waals surface area (Å²) in [5.74, 6) is 0.157. The number of hydrogen-bond acceptors (Lipinski definition) is 3. The molecule has 0 aliphatic heterocycles. The van der Waals surface area contributed by atoms with E-state index >= 15 is 0 Å². The molecule has 0 aliphatic carbocycles. The summed E-state index contributed by atoms with van der Waals surface area (Å²) in [6.07, 6.45) is 1.30. The molecular formula is C4H2N6. The molecule has 1 aromatic heterocycles. The first-order valence-electron chi connectivity index (χ1n) is 2.37. The van der Waals surface area contributed by atoms with Crippen LogP contribution >= 0.6 is 0 Å². The van der Waals surface area contributed by atoms with E-state index in [1.807, 2.05) is 0 Å². The van der Waals surface area contributed by atoms with Gasteiger partial charge in [0.25, 0.3) is 0 Å². The molecule has 0 saturated heterocycles. The van der Waals surface area contributed by atoms with Crippen LogP contribution in [0.3, 0.4) is 0 Å². The zero-order chi connectivity index (χ0) is 7.40. The molecule has 0 radical (unpaired) electrons. The molecule has 0 spiro atoms. The molecular weight excluding hydrogens is 132 g/mol. The fourth-order valence-corrected chi connectivity index (χ4v) is 0.482. The van der Waals surface area contributed by atoms with Crippen LogP contribution in [0.15, 0.2) is 11.3 Å². The Morgan fingerprint density at radius 3 is 3.30 bits per heavy atom. The fraction of sp³-hybridized carbons (Fsp3) is 0. The van der Waals surface area contributed by atoms with E-state index in [9.17, 15) is 0 Å². The van der Waals surface area contributed by atoms with Gasteiger partial charge in [-0.05, 0) is 10.6 Å². The van der Waals surface area contributed by atoms with Crippen molar-refractivity contribution < 1.29 is 0 Å². The van der Waals surface area contributed by atoms with Crippen LogP contribution in [0.1, 0.15) is 5.56 Å². The number of nitrogens with one attached hydrogen (secondary N) is 1. The number of nitrogens with zero attached hydrogens (tertiary/aromatic N) is 5. The van der Waals surface area contributed by atoms with Gasteiger partial charge in [-0.25, -0.2) is 0 Å². The van der Waals surface area contributed by atoms with Gasteiger partial charge in [-0.15, -0.1) is 0 Å². The van der Waals surface area contributed by atoms with E-state index in [4.69, 9.17) is 10.8 Å². The van der Waals surface area contributed by atoms with Crippen LogP contribution in [0, 0.1) is 11.3 Å². The summed E-state index contributed by atoms with van der Waals surface area (Å²) >= 11 is 0. The second kappa shape index (κ2) is 2.53. The smallest absolute Gasteiger partial charge is 0.139 e. The highest BCUT2D eigenvalue weighted by molar-refractivity contribution is 5.45. The van der Waals surface area contributed by atoms with Crippen LogP contribution in [0.25, 0.3) is 10.4 Å². The van der Waals surface area contributed by atoms with E-state index < -0.39 is 0 Å². The summed E-state index contributed by atoms with van der Waals surface area (Å²) in [7, 11) is 0. The maximum absolute atomic E-state index is 8.34. The van der Waals surface area contributed by atoms with Gasteiger partial charge in [0.15, 0.2) is 0 Å². The highest BCUT2D eigenvalue weighted by Gasteiger charge is 1.98. The van der Waals surface area contributed by atoms with Crippen molar-refractivity contribution in [2.75, 3.05) is 0 Å². The van der Waals surface area contributed by atoms with E-state index in [1.165, 1.54) is 6.20 Å². The van der Waals surface area contributed by atoms with Crippen LogP contribution in [0.2, 0.25) is 0 Å². The molecule has 6 nitrogen and oxygen atoms in total. The molecule has 48 valence electrons. The lowest BCUT2D eigenvalue weighted by Crippen LogP contribution is -1.65. The van der Waals surface area contributed by atoms with Crippen molar-refractivity contribution in [3.8, 4) is 6.07 Å². The number of nitriles is 1. The highest BCUT2D eigenvalue weighted by atomic mass is 15.2. The molecule has 0 atom stereocenters. The normalized spacial score (nSPS) is 7.90. The van der Waals surface area contributed by atoms with Gasteiger partial charge in [-0.1, -0.05) is 0 Å². The summed E-state index contributed by atoms with van der Waals surface area (Å²) in [6, 6.07) is 1.80. The third-order valence-corrected chi connectivity index (χ3v) is 0.884. The number of hydrogen-bond donors (Lipinski definition) is 1. The maximum Gasteiger partial charge on any atom is 0.139 e. The van der Waals surface area contributed by atoms with E-state index in [0.29, 0.717) is 0 Å². The number of azide groups is 1. The Labute approximate surface area is 55.7 Å². The second-order valence-electron chi connectivity index (χ2n) is 1.43. The Kier molecular flexibility index (Phi) is 1.55. The summed E-state index contributed by atoms with van der Waals surface area (Å²) in [4.78, 5) is 2.49. The van der Waals surface area contributed by atoms with Gasteiger partial charge in [-0.2, -0.15) is 10.4 Å². The summed E-state index contributed by atoms with van der Waals surface area (Å²) in [5.41, 5.74) is 8.21. The largest absolute Gasteiger partial charge is 0.275 e. The van der Waals surface area contributed by atoms with Gasteiger partial charge in [0.2, 0.25) is 0 Å². The average Bonchev–Trinajstić information content (AvgIpc) is 2.36. The Morgan fingerprint density at radius 1 is 1.90 bits per heavy atom. The predicted octanol–water partition coefficient (Wildman–Crippen LogP) is 1.22. The number of aromatic amines is 1. The third-order valence-electron chi connectivity index (χ3n) is 0.884. The molecule has 0 saturated carbocycles. The fourth-order valence-electron chi connectivity index (χ4n) is 0.482. The zero-order valence-electron chi connectivity index (χ0n) is 4.81. The maximum atomic E-state index is 8.34. The van der Waals surface area contributed by atoms with Crippen molar-refractivity contribution in [3.05, 3.63) is 22.2 Å². The lowest BCUT2D eigenvalue weighted by atomic mass is 10.4. The topological polar surface area (TPSA) is 101 Å². The van der Waals surface area contributed by atoms with Gasteiger partial charge in [-0.3, -0.25) is 5.10 Å². The van der Waals surface area contributed by atoms with Crippen LogP contribution in [-0.4, -0.2) is 10.2 Å². The predicted molar refractivity (Wildman–Crippen MR) is 32.1 cm³/mol. The average molecular weight is 134 g/mol. The lowest BCUT2D eigenvalue weighted by molar-refractivity contribution is 1.08. The zero-order valence-corrected chi connectivity index (χ0v) is 4.81. The Balaban J connectivity index is 3.16. The molecule has 10 heavy (non-hydrogen) atoms. The van der Waals surface area contributed by atoms with E-state index in [-0.39, 0.29) is 11.4 Å². The number of H-pyrrole nitrogens is 1. The quantitative estimate of drug-likeness (QED) is 0.354. The van der Waals surface area contributed by atoms with Gasteiger partial charge in [0.1, 0.15) is 11.9 Å². The minimum atomic E-state index is 0.157. The number of rotatable bonds is 1. The third kappa shape index (κ3) is 0.891. The van der Waals surface area contributed by atoms with Crippen molar-refractivity contribution in [2.45, 2.75) is 0 Å². The molecule has 0 bridgehead atoms. The Morgan fingerprint density at radius 2 is 2.70 bits per heavy atom.